The molecule has 0 unspecified atom stereocenters. The Morgan fingerprint density at radius 1 is 0.894 bits per heavy atom. The fourth-order valence-electron chi connectivity index (χ4n) is 5.87. The summed E-state index contributed by atoms with van der Waals surface area (Å²) in [6, 6.07) is 29.0. The van der Waals surface area contributed by atoms with Crippen molar-refractivity contribution in [3.8, 4) is 5.75 Å². The van der Waals surface area contributed by atoms with E-state index in [-0.39, 0.29) is 40.5 Å². The second kappa shape index (κ2) is 15.5. The summed E-state index contributed by atoms with van der Waals surface area (Å²) in [7, 11) is -2.77. The number of sulfonamides is 1. The third kappa shape index (κ3) is 8.53. The molecule has 4 aromatic carbocycles. The molecule has 0 saturated heterocycles. The van der Waals surface area contributed by atoms with Crippen LogP contribution in [0.15, 0.2) is 108 Å². The first kappa shape index (κ1) is 34.0. The molecule has 0 spiro atoms. The highest BCUT2D eigenvalue weighted by Crippen LogP contribution is 2.32. The number of hydrogen-bond acceptors (Lipinski definition) is 5. The Kier molecular flexibility index (Phi) is 11.2. The van der Waals surface area contributed by atoms with Crippen LogP contribution in [-0.4, -0.2) is 50.9 Å². The number of halogens is 1. The third-order valence-electron chi connectivity index (χ3n) is 8.48. The minimum absolute atomic E-state index is 0.0182. The van der Waals surface area contributed by atoms with Crippen LogP contribution in [-0.2, 0) is 32.6 Å². The fraction of sp³-hybridized carbons (Fsp3) is 0.297. The number of hydrogen-bond donors (Lipinski definition) is 1. The summed E-state index contributed by atoms with van der Waals surface area (Å²) in [5.74, 6) is -0.419. The predicted octanol–water partition coefficient (Wildman–Crippen LogP) is 6.55. The molecule has 1 atom stereocenters. The molecule has 1 aliphatic rings. The molecule has 1 saturated carbocycles. The van der Waals surface area contributed by atoms with Crippen molar-refractivity contribution < 1.29 is 22.7 Å². The maximum Gasteiger partial charge on any atom is 0.264 e. The van der Waals surface area contributed by atoms with Gasteiger partial charge < -0.3 is 15.0 Å². The first-order chi connectivity index (χ1) is 22.7. The van der Waals surface area contributed by atoms with E-state index in [1.54, 1.807) is 30.3 Å². The Bertz CT molecular complexity index is 1760. The number of amides is 2. The van der Waals surface area contributed by atoms with E-state index in [0.717, 1.165) is 46.7 Å². The van der Waals surface area contributed by atoms with Gasteiger partial charge in [0.15, 0.2) is 0 Å². The Morgan fingerprint density at radius 3 is 2.15 bits per heavy atom. The summed E-state index contributed by atoms with van der Waals surface area (Å²) in [6.07, 6.45) is 4.11. The Morgan fingerprint density at radius 2 is 1.53 bits per heavy atom. The van der Waals surface area contributed by atoms with Crippen LogP contribution in [0.3, 0.4) is 0 Å². The Hall–Kier alpha value is -4.34. The molecule has 2 amide bonds. The van der Waals surface area contributed by atoms with Crippen molar-refractivity contribution in [2.24, 2.45) is 0 Å². The molecule has 246 valence electrons. The number of nitrogens with one attached hydrogen (secondary N) is 1. The first-order valence-corrected chi connectivity index (χ1v) is 17.6. The van der Waals surface area contributed by atoms with Crippen molar-refractivity contribution in [2.45, 2.75) is 62.6 Å². The normalized spacial score (nSPS) is 13.9. The number of benzene rings is 4. The van der Waals surface area contributed by atoms with E-state index >= 15 is 0 Å². The molecule has 8 nitrogen and oxygen atoms in total. The quantitative estimate of drug-likeness (QED) is 0.174. The smallest absolute Gasteiger partial charge is 0.264 e. The minimum Gasteiger partial charge on any atom is -0.495 e. The van der Waals surface area contributed by atoms with Gasteiger partial charge >= 0.3 is 0 Å². The van der Waals surface area contributed by atoms with Gasteiger partial charge in [-0.05, 0) is 61.2 Å². The van der Waals surface area contributed by atoms with E-state index < -0.39 is 28.5 Å². The lowest BCUT2D eigenvalue weighted by Gasteiger charge is -2.34. The predicted molar refractivity (Wildman–Crippen MR) is 185 cm³/mol. The van der Waals surface area contributed by atoms with Gasteiger partial charge in [-0.15, -0.1) is 0 Å². The van der Waals surface area contributed by atoms with Gasteiger partial charge in [-0.25, -0.2) is 8.42 Å². The topological polar surface area (TPSA) is 96.0 Å². The molecule has 0 radical (unpaired) electrons. The van der Waals surface area contributed by atoms with Crippen LogP contribution in [0.2, 0.25) is 5.02 Å². The summed E-state index contributed by atoms with van der Waals surface area (Å²) in [5.41, 5.74) is 2.96. The van der Waals surface area contributed by atoms with Crippen LogP contribution in [0.25, 0.3) is 0 Å². The van der Waals surface area contributed by atoms with Gasteiger partial charge in [0.1, 0.15) is 18.3 Å². The Labute approximate surface area is 282 Å². The van der Waals surface area contributed by atoms with Crippen LogP contribution in [0.5, 0.6) is 5.75 Å². The monoisotopic (exact) mass is 673 g/mol. The van der Waals surface area contributed by atoms with Crippen molar-refractivity contribution >= 4 is 39.1 Å². The molecule has 1 fully saturated rings. The standard InChI is InChI=1S/C37H40ClN3O5S/c1-27-17-19-29(20-18-27)25-40(34(23-28-11-5-3-6-12-28)37(43)39-30-13-9-10-14-30)36(42)26-41(31-21-22-35(46-2)33(38)24-31)47(44,45)32-15-7-4-8-16-32/h3-8,11-12,15-22,24,30,34H,9-10,13-14,23,25-26H2,1-2H3,(H,39,43)/t34-/m1/s1. The summed E-state index contributed by atoms with van der Waals surface area (Å²) < 4.78 is 34.7. The second-order valence-electron chi connectivity index (χ2n) is 11.8. The van der Waals surface area contributed by atoms with Crippen molar-refractivity contribution in [2.75, 3.05) is 18.0 Å². The van der Waals surface area contributed by atoms with E-state index in [4.69, 9.17) is 16.3 Å². The fourth-order valence-corrected chi connectivity index (χ4v) is 7.55. The number of nitrogens with zero attached hydrogens (tertiary/aromatic N) is 2. The molecule has 4 aromatic rings. The van der Waals surface area contributed by atoms with Crippen LogP contribution in [0.1, 0.15) is 42.4 Å². The molecular formula is C37H40ClN3O5S. The highest BCUT2D eigenvalue weighted by atomic mass is 35.5. The van der Waals surface area contributed by atoms with Crippen molar-refractivity contribution in [1.29, 1.82) is 0 Å². The van der Waals surface area contributed by atoms with Gasteiger partial charge in [0, 0.05) is 19.0 Å². The number of methoxy groups -OCH3 is 1. The number of anilines is 1. The van der Waals surface area contributed by atoms with E-state index in [1.165, 1.54) is 30.2 Å². The number of carbonyl (C=O) groups is 2. The summed E-state index contributed by atoms with van der Waals surface area (Å²) in [5, 5.41) is 3.39. The van der Waals surface area contributed by atoms with E-state index in [0.29, 0.717) is 5.75 Å². The maximum atomic E-state index is 14.6. The van der Waals surface area contributed by atoms with Crippen LogP contribution < -0.4 is 14.4 Å². The van der Waals surface area contributed by atoms with E-state index in [9.17, 15) is 18.0 Å². The largest absolute Gasteiger partial charge is 0.495 e. The highest BCUT2D eigenvalue weighted by molar-refractivity contribution is 7.92. The highest BCUT2D eigenvalue weighted by Gasteiger charge is 2.35. The molecule has 0 bridgehead atoms. The number of ether oxygens (including phenoxy) is 1. The van der Waals surface area contributed by atoms with E-state index in [1.807, 2.05) is 61.5 Å². The maximum absolute atomic E-state index is 14.6. The van der Waals surface area contributed by atoms with Gasteiger partial charge in [0.2, 0.25) is 11.8 Å². The summed E-state index contributed by atoms with van der Waals surface area (Å²) in [4.78, 5) is 30.3. The number of aryl methyl sites for hydroxylation is 1. The SMILES string of the molecule is COc1ccc(N(CC(=O)N(Cc2ccc(C)cc2)[C@H](Cc2ccccc2)C(=O)NC2CCCC2)S(=O)(=O)c2ccccc2)cc1Cl. The average Bonchev–Trinajstić information content (AvgIpc) is 3.59. The minimum atomic E-state index is -4.24. The molecule has 0 aromatic heterocycles. The lowest BCUT2D eigenvalue weighted by molar-refractivity contribution is -0.140. The zero-order valence-electron chi connectivity index (χ0n) is 26.6. The third-order valence-corrected chi connectivity index (χ3v) is 10.6. The lowest BCUT2D eigenvalue weighted by Crippen LogP contribution is -2.54. The Balaban J connectivity index is 1.57. The van der Waals surface area contributed by atoms with E-state index in [2.05, 4.69) is 5.32 Å². The summed E-state index contributed by atoms with van der Waals surface area (Å²) in [6.45, 7) is 1.53. The van der Waals surface area contributed by atoms with Crippen molar-refractivity contribution in [3.63, 3.8) is 0 Å². The molecular weight excluding hydrogens is 634 g/mol. The van der Waals surface area contributed by atoms with Crippen molar-refractivity contribution in [3.05, 3.63) is 125 Å². The number of carbonyl (C=O) groups excluding carboxylic acids is 2. The lowest BCUT2D eigenvalue weighted by atomic mass is 10.0. The van der Waals surface area contributed by atoms with Gasteiger partial charge in [-0.3, -0.25) is 13.9 Å². The van der Waals surface area contributed by atoms with Gasteiger partial charge in [0.25, 0.3) is 10.0 Å². The molecule has 47 heavy (non-hydrogen) atoms. The van der Waals surface area contributed by atoms with Gasteiger partial charge in [-0.2, -0.15) is 0 Å². The molecule has 5 rings (SSSR count). The molecule has 1 N–H and O–H groups in total. The van der Waals surface area contributed by atoms with Crippen LogP contribution in [0.4, 0.5) is 5.69 Å². The number of rotatable bonds is 13. The van der Waals surface area contributed by atoms with Crippen LogP contribution in [0, 0.1) is 6.92 Å². The first-order valence-electron chi connectivity index (χ1n) is 15.8. The summed E-state index contributed by atoms with van der Waals surface area (Å²) >= 11 is 6.46. The zero-order chi connectivity index (χ0) is 33.4. The second-order valence-corrected chi connectivity index (χ2v) is 14.1. The molecule has 0 heterocycles. The molecule has 10 heteroatoms. The molecule has 0 aliphatic heterocycles. The van der Waals surface area contributed by atoms with Crippen molar-refractivity contribution in [1.82, 2.24) is 10.2 Å². The zero-order valence-corrected chi connectivity index (χ0v) is 28.2. The molecule has 1 aliphatic carbocycles. The average molecular weight is 674 g/mol. The van der Waals surface area contributed by atoms with Gasteiger partial charge in [0.05, 0.1) is 22.7 Å². The van der Waals surface area contributed by atoms with Gasteiger partial charge in [-0.1, -0.05) is 103 Å². The van der Waals surface area contributed by atoms with Crippen LogP contribution >= 0.6 is 11.6 Å².